The molecule has 2 N–H and O–H groups in total. The second kappa shape index (κ2) is 16.0. The summed E-state index contributed by atoms with van der Waals surface area (Å²) in [7, 11) is 1.49. The van der Waals surface area contributed by atoms with Crippen molar-refractivity contribution >= 4 is 51.7 Å². The standard InChI is InChI=1S/C33H31ClFN3O7.K/c1-43-28-18-23-25(19-29(28)44-15-4-2-3-8-30(39)40)36-14-11-26(23)45-27-10-9-22(17-24(27)35)38-32(42)33(12-13-33)31(41)37-21-7-5-6-20(34)16-21;/h5-7,9-11,14,16-19H,2-4,8,12-13,15H2,1H3,(H,37,41)(H,38,42)(H,39,40);/q;+1/p-1. The van der Waals surface area contributed by atoms with Crippen LogP contribution < -0.4 is 81.3 Å². The summed E-state index contributed by atoms with van der Waals surface area (Å²) >= 11 is 5.99. The fraction of sp³-hybridized carbons (Fsp3) is 0.273. The van der Waals surface area contributed by atoms with Crippen LogP contribution in [-0.2, 0) is 14.4 Å². The first kappa shape index (κ1) is 35.6. The van der Waals surface area contributed by atoms with Gasteiger partial charge >= 0.3 is 51.4 Å². The molecule has 0 unspecified atom stereocenters. The zero-order valence-electron chi connectivity index (χ0n) is 25.4. The van der Waals surface area contributed by atoms with Crippen LogP contribution in [0.3, 0.4) is 0 Å². The van der Waals surface area contributed by atoms with Crippen LogP contribution in [0, 0.1) is 11.2 Å². The number of carboxylic acid groups (broad SMARTS) is 1. The molecule has 0 atom stereocenters. The maximum Gasteiger partial charge on any atom is 1.00 e. The van der Waals surface area contributed by atoms with Gasteiger partial charge in [0.15, 0.2) is 23.1 Å². The van der Waals surface area contributed by atoms with E-state index in [9.17, 15) is 19.5 Å². The van der Waals surface area contributed by atoms with Crippen molar-refractivity contribution < 1.29 is 89.5 Å². The molecule has 4 aromatic rings. The van der Waals surface area contributed by atoms with Crippen molar-refractivity contribution in [3.63, 3.8) is 0 Å². The van der Waals surface area contributed by atoms with Crippen molar-refractivity contribution in [1.29, 1.82) is 0 Å². The van der Waals surface area contributed by atoms with Gasteiger partial charge in [-0.05, 0) is 81.0 Å². The zero-order valence-corrected chi connectivity index (χ0v) is 29.2. The van der Waals surface area contributed by atoms with Crippen LogP contribution in [0.15, 0.2) is 66.9 Å². The Morgan fingerprint density at radius 2 is 1.65 bits per heavy atom. The first-order chi connectivity index (χ1) is 21.7. The predicted molar refractivity (Wildman–Crippen MR) is 164 cm³/mol. The summed E-state index contributed by atoms with van der Waals surface area (Å²) in [6, 6.07) is 15.6. The van der Waals surface area contributed by atoms with E-state index >= 15 is 4.39 Å². The van der Waals surface area contributed by atoms with Gasteiger partial charge in [0.25, 0.3) is 0 Å². The number of pyridine rings is 1. The largest absolute Gasteiger partial charge is 1.00 e. The van der Waals surface area contributed by atoms with E-state index in [1.807, 2.05) is 0 Å². The predicted octanol–water partition coefficient (Wildman–Crippen LogP) is 2.88. The Balaban J connectivity index is 0.00000480. The number of hydrogen-bond donors (Lipinski definition) is 2. The molecule has 0 saturated heterocycles. The minimum atomic E-state index is -1.25. The number of nitrogens with one attached hydrogen (secondary N) is 2. The molecule has 0 radical (unpaired) electrons. The number of carboxylic acids is 1. The van der Waals surface area contributed by atoms with Crippen LogP contribution in [-0.4, -0.2) is 36.5 Å². The topological polar surface area (TPSA) is 139 Å². The number of ether oxygens (including phenoxy) is 3. The van der Waals surface area contributed by atoms with E-state index in [1.54, 1.807) is 42.5 Å². The average molecular weight is 674 g/mol. The van der Waals surface area contributed by atoms with Gasteiger partial charge in [-0.1, -0.05) is 17.7 Å². The minimum absolute atomic E-state index is 0. The van der Waals surface area contributed by atoms with Crippen LogP contribution in [0.5, 0.6) is 23.0 Å². The second-order valence-corrected chi connectivity index (χ2v) is 11.0. The number of anilines is 2. The smallest absolute Gasteiger partial charge is 0.550 e. The average Bonchev–Trinajstić information content (AvgIpc) is 3.82. The van der Waals surface area contributed by atoms with Crippen molar-refractivity contribution in [3.05, 3.63) is 77.7 Å². The molecule has 1 aliphatic carbocycles. The molecular weight excluding hydrogens is 644 g/mol. The number of rotatable bonds is 14. The number of benzene rings is 3. The number of fused-ring (bicyclic) bond motifs is 1. The Morgan fingerprint density at radius 1 is 0.913 bits per heavy atom. The van der Waals surface area contributed by atoms with E-state index in [2.05, 4.69) is 15.6 Å². The number of amides is 2. The summed E-state index contributed by atoms with van der Waals surface area (Å²) in [5, 5.41) is 16.9. The van der Waals surface area contributed by atoms with E-state index in [0.717, 1.165) is 6.07 Å². The van der Waals surface area contributed by atoms with Crippen molar-refractivity contribution in [2.75, 3.05) is 24.4 Å². The van der Waals surface area contributed by atoms with Crippen LogP contribution in [0.4, 0.5) is 15.8 Å². The summed E-state index contributed by atoms with van der Waals surface area (Å²) in [5.41, 5.74) is -0.0687. The van der Waals surface area contributed by atoms with Gasteiger partial charge in [0.05, 0.1) is 19.2 Å². The third kappa shape index (κ3) is 8.75. The van der Waals surface area contributed by atoms with Crippen LogP contribution in [0.1, 0.15) is 38.5 Å². The molecule has 3 aromatic carbocycles. The first-order valence-corrected chi connectivity index (χ1v) is 14.7. The summed E-state index contributed by atoms with van der Waals surface area (Å²) in [6.07, 6.45) is 4.09. The maximum absolute atomic E-state index is 15.2. The Labute approximate surface area is 312 Å². The molecule has 10 nitrogen and oxygen atoms in total. The SMILES string of the molecule is COc1cc2c(Oc3ccc(NC(=O)C4(C(=O)Nc5cccc(Cl)c5)CC4)cc3F)ccnc2cc1OCCCCCC(=O)[O-].[K+]. The Hall–Kier alpha value is -3.26. The van der Waals surface area contributed by atoms with Crippen LogP contribution >= 0.6 is 11.6 Å². The molecule has 0 aliphatic heterocycles. The van der Waals surface area contributed by atoms with Crippen molar-refractivity contribution in [2.45, 2.75) is 38.5 Å². The Morgan fingerprint density at radius 3 is 2.30 bits per heavy atom. The van der Waals surface area contributed by atoms with E-state index in [1.165, 1.54) is 25.4 Å². The molecule has 1 aliphatic rings. The number of carbonyl (C=O) groups is 3. The molecule has 5 rings (SSSR count). The number of nitrogens with zero attached hydrogens (tertiary/aromatic N) is 1. The van der Waals surface area contributed by atoms with E-state index < -0.39 is 29.0 Å². The Bertz CT molecular complexity index is 1750. The van der Waals surface area contributed by atoms with E-state index in [-0.39, 0.29) is 69.2 Å². The number of unbranched alkanes of at least 4 members (excludes halogenated alkanes) is 2. The third-order valence-electron chi connectivity index (χ3n) is 7.38. The van der Waals surface area contributed by atoms with Crippen LogP contribution in [0.25, 0.3) is 10.9 Å². The minimum Gasteiger partial charge on any atom is -0.550 e. The number of aliphatic carboxylic acids is 1. The molecule has 0 spiro atoms. The van der Waals surface area contributed by atoms with Gasteiger partial charge in [0.1, 0.15) is 11.2 Å². The number of carbonyl (C=O) groups excluding carboxylic acids is 3. The van der Waals surface area contributed by atoms with Crippen molar-refractivity contribution in [1.82, 2.24) is 4.98 Å². The molecule has 1 heterocycles. The van der Waals surface area contributed by atoms with Crippen LogP contribution in [0.2, 0.25) is 5.02 Å². The molecule has 234 valence electrons. The fourth-order valence-corrected chi connectivity index (χ4v) is 4.94. The normalized spacial score (nSPS) is 12.8. The van der Waals surface area contributed by atoms with Crippen molar-refractivity contribution in [2.24, 2.45) is 5.41 Å². The summed E-state index contributed by atoms with van der Waals surface area (Å²) in [5.74, 6) is -1.68. The molecule has 0 bridgehead atoms. The van der Waals surface area contributed by atoms with Crippen molar-refractivity contribution in [3.8, 4) is 23.0 Å². The van der Waals surface area contributed by atoms with Gasteiger partial charge in [0, 0.05) is 46.1 Å². The summed E-state index contributed by atoms with van der Waals surface area (Å²) in [4.78, 5) is 40.9. The summed E-state index contributed by atoms with van der Waals surface area (Å²) in [6.45, 7) is 0.354. The fourth-order valence-electron chi connectivity index (χ4n) is 4.75. The molecule has 2 amide bonds. The van der Waals surface area contributed by atoms with Gasteiger partial charge in [-0.2, -0.15) is 0 Å². The van der Waals surface area contributed by atoms with E-state index in [0.29, 0.717) is 77.6 Å². The van der Waals surface area contributed by atoms with E-state index in [4.69, 9.17) is 25.8 Å². The monoisotopic (exact) mass is 673 g/mol. The molecule has 1 saturated carbocycles. The van der Waals surface area contributed by atoms with Gasteiger partial charge in [-0.25, -0.2) is 4.39 Å². The number of aromatic nitrogens is 1. The molecule has 1 fully saturated rings. The Kier molecular flexibility index (Phi) is 12.4. The van der Waals surface area contributed by atoms with Gasteiger partial charge < -0.3 is 34.7 Å². The third-order valence-corrected chi connectivity index (χ3v) is 7.62. The zero-order chi connectivity index (χ0) is 32.0. The van der Waals surface area contributed by atoms with Gasteiger partial charge in [0.2, 0.25) is 11.8 Å². The quantitative estimate of drug-likeness (QED) is 0.118. The van der Waals surface area contributed by atoms with Gasteiger partial charge in [-0.15, -0.1) is 0 Å². The molecule has 1 aromatic heterocycles. The first-order valence-electron chi connectivity index (χ1n) is 14.3. The number of hydrogen-bond acceptors (Lipinski definition) is 8. The number of halogens is 2. The number of methoxy groups -OCH3 is 1. The summed E-state index contributed by atoms with van der Waals surface area (Å²) < 4.78 is 32.4. The second-order valence-electron chi connectivity index (χ2n) is 10.6. The maximum atomic E-state index is 15.2. The molecular formula is C33H30ClFKN3O7. The van der Waals surface area contributed by atoms with Gasteiger partial charge in [-0.3, -0.25) is 14.6 Å². The molecule has 13 heteroatoms. The molecule has 46 heavy (non-hydrogen) atoms.